The summed E-state index contributed by atoms with van der Waals surface area (Å²) in [4.78, 5) is 22.7. The van der Waals surface area contributed by atoms with Gasteiger partial charge in [0.2, 0.25) is 0 Å². The molecule has 1 amide bonds. The summed E-state index contributed by atoms with van der Waals surface area (Å²) in [7, 11) is 0. The van der Waals surface area contributed by atoms with Crippen LogP contribution in [0.4, 0.5) is 4.39 Å². The Morgan fingerprint density at radius 1 is 1.16 bits per heavy atom. The largest absolute Gasteiger partial charge is 0.281 e. The van der Waals surface area contributed by atoms with Gasteiger partial charge >= 0.3 is 0 Å². The average molecular weight is 437 g/mol. The number of nitrogens with zero attached hydrogens (tertiary/aromatic N) is 2. The molecule has 0 radical (unpaired) electrons. The minimum absolute atomic E-state index is 0.219. The van der Waals surface area contributed by atoms with E-state index >= 15 is 0 Å². The molecule has 0 atom stereocenters. The number of rotatable bonds is 8. The molecule has 4 rings (SSSR count). The summed E-state index contributed by atoms with van der Waals surface area (Å²) in [6.45, 7) is 2.08. The molecule has 0 unspecified atom stereocenters. The van der Waals surface area contributed by atoms with Gasteiger partial charge in [0.25, 0.3) is 5.91 Å². The molecule has 0 saturated carbocycles. The van der Waals surface area contributed by atoms with Gasteiger partial charge in [-0.15, -0.1) is 0 Å². The van der Waals surface area contributed by atoms with Crippen LogP contribution >= 0.6 is 11.8 Å². The number of H-pyrrole nitrogens is 1. The summed E-state index contributed by atoms with van der Waals surface area (Å²) in [6.07, 6.45) is 3.38. The summed E-state index contributed by atoms with van der Waals surface area (Å²) in [5, 5.41) is 8.52. The van der Waals surface area contributed by atoms with Gasteiger partial charge in [0.1, 0.15) is 5.82 Å². The number of carbonyl (C=O) groups is 1. The summed E-state index contributed by atoms with van der Waals surface area (Å²) in [5.74, 6) is -0.950. The van der Waals surface area contributed by atoms with Crippen molar-refractivity contribution in [1.82, 2.24) is 20.7 Å². The third kappa shape index (κ3) is 4.92. The van der Waals surface area contributed by atoms with Crippen molar-refractivity contribution in [3.63, 3.8) is 0 Å². The van der Waals surface area contributed by atoms with Gasteiger partial charge in [-0.1, -0.05) is 23.9 Å². The van der Waals surface area contributed by atoms with E-state index in [9.17, 15) is 9.18 Å². The highest BCUT2D eigenvalue weighted by Gasteiger charge is 2.17. The van der Waals surface area contributed by atoms with E-state index in [1.807, 2.05) is 36.4 Å². The van der Waals surface area contributed by atoms with Crippen molar-refractivity contribution < 1.29 is 14.0 Å². The van der Waals surface area contributed by atoms with E-state index in [0.717, 1.165) is 40.0 Å². The fourth-order valence-corrected chi connectivity index (χ4v) is 4.18. The maximum atomic E-state index is 14.5. The van der Waals surface area contributed by atoms with E-state index in [-0.39, 0.29) is 10.5 Å². The fraction of sp³-hybridized carbons (Fsp3) is 0.174. The number of aromatic amines is 1. The highest BCUT2D eigenvalue weighted by molar-refractivity contribution is 7.99. The summed E-state index contributed by atoms with van der Waals surface area (Å²) < 4.78 is 14.5. The number of pyridine rings is 1. The molecule has 0 fully saturated rings. The molecule has 2 N–H and O–H groups in total. The molecule has 2 aromatic heterocycles. The van der Waals surface area contributed by atoms with E-state index in [1.165, 1.54) is 23.9 Å². The first-order valence-electron chi connectivity index (χ1n) is 9.91. The summed E-state index contributed by atoms with van der Waals surface area (Å²) in [6, 6.07) is 16.0. The number of aryl methyl sites for hydroxylation is 2. The SMILES string of the molecule is CCONC(=O)c1cccc(F)c1Sc1ccc2c(CCc3ccccn3)[nH]nc2c1. The zero-order chi connectivity index (χ0) is 21.6. The third-order valence-corrected chi connectivity index (χ3v) is 5.81. The number of halogens is 1. The average Bonchev–Trinajstić information content (AvgIpc) is 3.20. The molecule has 4 aromatic rings. The van der Waals surface area contributed by atoms with Crippen molar-refractivity contribution in [2.45, 2.75) is 29.6 Å². The van der Waals surface area contributed by atoms with Crippen LogP contribution < -0.4 is 5.48 Å². The maximum absolute atomic E-state index is 14.5. The number of carbonyl (C=O) groups excluding carboxylic acids is 1. The minimum atomic E-state index is -0.485. The van der Waals surface area contributed by atoms with Crippen molar-refractivity contribution in [3.05, 3.63) is 83.6 Å². The number of fused-ring (bicyclic) bond motifs is 1. The molecule has 0 aliphatic carbocycles. The molecular formula is C23H21FN4O2S. The second-order valence-electron chi connectivity index (χ2n) is 6.78. The van der Waals surface area contributed by atoms with Gasteiger partial charge in [-0.3, -0.25) is 19.7 Å². The molecule has 0 saturated heterocycles. The molecule has 0 aliphatic heterocycles. The second-order valence-corrected chi connectivity index (χ2v) is 7.87. The quantitative estimate of drug-likeness (QED) is 0.391. The molecule has 2 heterocycles. The van der Waals surface area contributed by atoms with Gasteiger partial charge < -0.3 is 0 Å². The Balaban J connectivity index is 1.54. The molecule has 158 valence electrons. The topological polar surface area (TPSA) is 79.9 Å². The first-order chi connectivity index (χ1) is 15.2. The highest BCUT2D eigenvalue weighted by atomic mass is 32.2. The number of benzene rings is 2. The predicted octanol–water partition coefficient (Wildman–Crippen LogP) is 4.71. The summed E-state index contributed by atoms with van der Waals surface area (Å²) in [5.41, 5.74) is 5.38. The zero-order valence-corrected chi connectivity index (χ0v) is 17.7. The van der Waals surface area contributed by atoms with Crippen LogP contribution in [0.2, 0.25) is 0 Å². The fourth-order valence-electron chi connectivity index (χ4n) is 3.20. The van der Waals surface area contributed by atoms with Crippen LogP contribution in [0.5, 0.6) is 0 Å². The number of aromatic nitrogens is 3. The Morgan fingerprint density at radius 2 is 2.06 bits per heavy atom. The van der Waals surface area contributed by atoms with Crippen LogP contribution in [0, 0.1) is 5.82 Å². The smallest absolute Gasteiger partial charge is 0.276 e. The highest BCUT2D eigenvalue weighted by Crippen LogP contribution is 2.34. The normalized spacial score (nSPS) is 11.0. The Morgan fingerprint density at radius 3 is 2.87 bits per heavy atom. The Labute approximate surface area is 183 Å². The summed E-state index contributed by atoms with van der Waals surface area (Å²) >= 11 is 1.18. The monoisotopic (exact) mass is 436 g/mol. The number of nitrogens with one attached hydrogen (secondary N) is 2. The van der Waals surface area contributed by atoms with Crippen LogP contribution in [0.15, 0.2) is 70.6 Å². The van der Waals surface area contributed by atoms with Gasteiger partial charge in [0.15, 0.2) is 0 Å². The standard InChI is InChI=1S/C23H21FN4O2S/c1-2-30-28-23(29)18-7-5-8-19(24)22(18)31-16-10-11-17-20(26-27-21(17)14-16)12-9-15-6-3-4-13-25-15/h3-8,10-11,13-14H,2,9,12H2,1H3,(H,26,27)(H,28,29). The Kier molecular flexibility index (Phi) is 6.59. The molecule has 0 spiro atoms. The maximum Gasteiger partial charge on any atom is 0.276 e. The number of hydrogen-bond donors (Lipinski definition) is 2. The van der Waals surface area contributed by atoms with Gasteiger partial charge in [0, 0.05) is 27.9 Å². The van der Waals surface area contributed by atoms with E-state index in [0.29, 0.717) is 6.61 Å². The lowest BCUT2D eigenvalue weighted by Crippen LogP contribution is -2.24. The third-order valence-electron chi connectivity index (χ3n) is 4.70. The predicted molar refractivity (Wildman–Crippen MR) is 117 cm³/mol. The van der Waals surface area contributed by atoms with E-state index in [2.05, 4.69) is 20.7 Å². The molecule has 31 heavy (non-hydrogen) atoms. The molecule has 2 aromatic carbocycles. The van der Waals surface area contributed by atoms with Crippen LogP contribution in [-0.2, 0) is 17.7 Å². The van der Waals surface area contributed by atoms with Gasteiger partial charge in [-0.25, -0.2) is 9.87 Å². The van der Waals surface area contributed by atoms with Gasteiger partial charge in [0.05, 0.1) is 22.6 Å². The first kappa shape index (κ1) is 21.0. The van der Waals surface area contributed by atoms with Crippen molar-refractivity contribution in [3.8, 4) is 0 Å². The first-order valence-corrected chi connectivity index (χ1v) is 10.7. The van der Waals surface area contributed by atoms with Crippen molar-refractivity contribution in [1.29, 1.82) is 0 Å². The van der Waals surface area contributed by atoms with E-state index in [4.69, 9.17) is 4.84 Å². The van der Waals surface area contributed by atoms with Gasteiger partial charge in [-0.05, 0) is 62.2 Å². The Bertz CT molecular complexity index is 1200. The van der Waals surface area contributed by atoms with Crippen LogP contribution in [0.3, 0.4) is 0 Å². The van der Waals surface area contributed by atoms with Crippen LogP contribution in [-0.4, -0.2) is 27.7 Å². The van der Waals surface area contributed by atoms with E-state index in [1.54, 1.807) is 19.2 Å². The number of amides is 1. The zero-order valence-electron chi connectivity index (χ0n) is 16.9. The van der Waals surface area contributed by atoms with Gasteiger partial charge in [-0.2, -0.15) is 5.10 Å². The lowest BCUT2D eigenvalue weighted by molar-refractivity contribution is 0.0361. The Hall–Kier alpha value is -3.23. The number of hydrogen-bond acceptors (Lipinski definition) is 5. The molecule has 8 heteroatoms. The van der Waals surface area contributed by atoms with Crippen molar-refractivity contribution >= 4 is 28.6 Å². The second kappa shape index (κ2) is 9.72. The van der Waals surface area contributed by atoms with Crippen LogP contribution in [0.1, 0.15) is 28.7 Å². The lowest BCUT2D eigenvalue weighted by atomic mass is 10.1. The molecule has 0 bridgehead atoms. The molecule has 0 aliphatic rings. The molecule has 6 nitrogen and oxygen atoms in total. The minimum Gasteiger partial charge on any atom is -0.281 e. The van der Waals surface area contributed by atoms with Crippen molar-refractivity contribution in [2.24, 2.45) is 0 Å². The lowest BCUT2D eigenvalue weighted by Gasteiger charge is -2.10. The van der Waals surface area contributed by atoms with Crippen LogP contribution in [0.25, 0.3) is 10.9 Å². The number of hydroxylamine groups is 1. The van der Waals surface area contributed by atoms with Crippen molar-refractivity contribution in [2.75, 3.05) is 6.61 Å². The molecular weight excluding hydrogens is 415 g/mol. The van der Waals surface area contributed by atoms with E-state index < -0.39 is 11.7 Å².